The number of nitrogens with zero attached hydrogens (tertiary/aromatic N) is 5. The van der Waals surface area contributed by atoms with E-state index in [0.29, 0.717) is 5.92 Å². The number of hydrogen-bond donors (Lipinski definition) is 1. The van der Waals surface area contributed by atoms with Crippen LogP contribution in [0.1, 0.15) is 30.4 Å². The van der Waals surface area contributed by atoms with Crippen molar-refractivity contribution in [2.24, 2.45) is 12.0 Å². The maximum absolute atomic E-state index is 4.51. The monoisotopic (exact) mass is 368 g/mol. The van der Waals surface area contributed by atoms with Gasteiger partial charge in [-0.1, -0.05) is 18.2 Å². The zero-order chi connectivity index (χ0) is 19.2. The largest absolute Gasteiger partial charge is 0.370 e. The van der Waals surface area contributed by atoms with E-state index >= 15 is 0 Å². The number of benzene rings is 1. The average Bonchev–Trinajstić information content (AvgIpc) is 3.32. The molecule has 1 N–H and O–H groups in total. The molecule has 0 radical (unpaired) electrons. The van der Waals surface area contributed by atoms with Crippen molar-refractivity contribution >= 4 is 11.6 Å². The van der Waals surface area contributed by atoms with E-state index in [-0.39, 0.29) is 0 Å². The number of rotatable bonds is 6. The van der Waals surface area contributed by atoms with Crippen LogP contribution in [0.3, 0.4) is 0 Å². The molecule has 1 aromatic carbocycles. The molecule has 0 bridgehead atoms. The summed E-state index contributed by atoms with van der Waals surface area (Å²) in [5, 5.41) is 7.87. The highest BCUT2D eigenvalue weighted by atomic mass is 15.3. The Kier molecular flexibility index (Phi) is 6.37. The van der Waals surface area contributed by atoms with Crippen LogP contribution in [-0.2, 0) is 7.05 Å². The van der Waals surface area contributed by atoms with Crippen molar-refractivity contribution in [1.29, 1.82) is 0 Å². The number of aryl methyl sites for hydroxylation is 2. The topological polar surface area (TPSA) is 48.7 Å². The van der Waals surface area contributed by atoms with Gasteiger partial charge in [-0.2, -0.15) is 5.10 Å². The van der Waals surface area contributed by atoms with Gasteiger partial charge in [-0.15, -0.1) is 0 Å². The van der Waals surface area contributed by atoms with E-state index in [1.54, 1.807) is 0 Å². The summed E-state index contributed by atoms with van der Waals surface area (Å²) in [6.45, 7) is 9.25. The Balaban J connectivity index is 1.53. The van der Waals surface area contributed by atoms with Gasteiger partial charge in [0.25, 0.3) is 0 Å². The number of guanidine groups is 1. The van der Waals surface area contributed by atoms with E-state index < -0.39 is 0 Å². The maximum Gasteiger partial charge on any atom is 0.193 e. The molecule has 6 nitrogen and oxygen atoms in total. The van der Waals surface area contributed by atoms with Crippen molar-refractivity contribution in [1.82, 2.24) is 20.0 Å². The molecule has 0 amide bonds. The zero-order valence-electron chi connectivity index (χ0n) is 17.0. The van der Waals surface area contributed by atoms with Gasteiger partial charge in [-0.3, -0.25) is 9.67 Å². The highest BCUT2D eigenvalue weighted by Gasteiger charge is 2.26. The van der Waals surface area contributed by atoms with Crippen LogP contribution in [0.2, 0.25) is 0 Å². The second kappa shape index (κ2) is 8.93. The van der Waals surface area contributed by atoms with Gasteiger partial charge < -0.3 is 15.1 Å². The first-order chi connectivity index (χ1) is 13.1. The number of anilines is 1. The van der Waals surface area contributed by atoms with Crippen LogP contribution in [0.4, 0.5) is 5.69 Å². The molecule has 1 atom stereocenters. The van der Waals surface area contributed by atoms with E-state index in [1.165, 1.54) is 16.8 Å². The van der Waals surface area contributed by atoms with Gasteiger partial charge in [0, 0.05) is 64.6 Å². The number of likely N-dealkylation sites (N-methyl/N-ethyl adjacent to an activating group) is 1. The summed E-state index contributed by atoms with van der Waals surface area (Å²) < 4.78 is 1.88. The number of hydrogen-bond acceptors (Lipinski definition) is 3. The lowest BCUT2D eigenvalue weighted by atomic mass is 10.0. The van der Waals surface area contributed by atoms with Gasteiger partial charge in [0.05, 0.1) is 6.20 Å². The van der Waals surface area contributed by atoms with Crippen molar-refractivity contribution in [3.8, 4) is 0 Å². The van der Waals surface area contributed by atoms with Crippen LogP contribution in [0.15, 0.2) is 41.7 Å². The minimum atomic E-state index is 0.538. The van der Waals surface area contributed by atoms with E-state index in [2.05, 4.69) is 69.5 Å². The van der Waals surface area contributed by atoms with Crippen molar-refractivity contribution in [2.45, 2.75) is 26.2 Å². The summed E-state index contributed by atoms with van der Waals surface area (Å²) >= 11 is 0. The fourth-order valence-corrected chi connectivity index (χ4v) is 3.88. The van der Waals surface area contributed by atoms with Crippen LogP contribution in [0, 0.1) is 6.92 Å². The van der Waals surface area contributed by atoms with Gasteiger partial charge in [-0.25, -0.2) is 0 Å². The Morgan fingerprint density at radius 2 is 2.19 bits per heavy atom. The van der Waals surface area contributed by atoms with Gasteiger partial charge in [-0.05, 0) is 37.5 Å². The van der Waals surface area contributed by atoms with E-state index in [9.17, 15) is 0 Å². The molecule has 1 aliphatic rings. The number of aromatic nitrogens is 2. The van der Waals surface area contributed by atoms with Crippen molar-refractivity contribution in [2.75, 3.05) is 44.7 Å². The lowest BCUT2D eigenvalue weighted by Crippen LogP contribution is -2.43. The van der Waals surface area contributed by atoms with E-state index in [4.69, 9.17) is 0 Å². The summed E-state index contributed by atoms with van der Waals surface area (Å²) in [5.74, 6) is 1.54. The van der Waals surface area contributed by atoms with Gasteiger partial charge >= 0.3 is 0 Å². The van der Waals surface area contributed by atoms with Crippen LogP contribution in [0.5, 0.6) is 0 Å². The molecule has 1 saturated heterocycles. The van der Waals surface area contributed by atoms with Crippen LogP contribution in [-0.4, -0.2) is 60.4 Å². The standard InChI is InChI=1S/C21H32N6/c1-5-26(20-9-7-6-8-17(20)2)13-11-23-21(22-3)27-12-10-18(16-27)19-14-24-25(4)15-19/h6-9,14-15,18H,5,10-13,16H2,1-4H3,(H,22,23). The molecule has 6 heteroatoms. The first-order valence-corrected chi connectivity index (χ1v) is 9.87. The summed E-state index contributed by atoms with van der Waals surface area (Å²) in [6, 6.07) is 8.58. The minimum absolute atomic E-state index is 0.538. The second-order valence-electron chi connectivity index (χ2n) is 7.22. The summed E-state index contributed by atoms with van der Waals surface area (Å²) in [5.41, 5.74) is 3.96. The third kappa shape index (κ3) is 4.62. The lowest BCUT2D eigenvalue weighted by Gasteiger charge is -2.27. The average molecular weight is 369 g/mol. The minimum Gasteiger partial charge on any atom is -0.370 e. The van der Waals surface area contributed by atoms with Crippen LogP contribution >= 0.6 is 0 Å². The molecule has 2 heterocycles. The fraction of sp³-hybridized carbons (Fsp3) is 0.524. The number of para-hydroxylation sites is 1. The van der Waals surface area contributed by atoms with Crippen LogP contribution < -0.4 is 10.2 Å². The summed E-state index contributed by atoms with van der Waals surface area (Å²) in [4.78, 5) is 9.29. The van der Waals surface area contributed by atoms with Crippen molar-refractivity contribution < 1.29 is 0 Å². The van der Waals surface area contributed by atoms with Crippen LogP contribution in [0.25, 0.3) is 0 Å². The Labute approximate surface area is 162 Å². The Bertz CT molecular complexity index is 766. The molecule has 0 aliphatic carbocycles. The molecule has 1 fully saturated rings. The molecule has 146 valence electrons. The normalized spacial score (nSPS) is 17.4. The number of nitrogens with one attached hydrogen (secondary N) is 1. The van der Waals surface area contributed by atoms with Gasteiger partial charge in [0.1, 0.15) is 0 Å². The predicted molar refractivity (Wildman–Crippen MR) is 113 cm³/mol. The van der Waals surface area contributed by atoms with Gasteiger partial charge in [0.2, 0.25) is 0 Å². The smallest absolute Gasteiger partial charge is 0.193 e. The third-order valence-corrected chi connectivity index (χ3v) is 5.40. The highest BCUT2D eigenvalue weighted by molar-refractivity contribution is 5.80. The van der Waals surface area contributed by atoms with Gasteiger partial charge in [0.15, 0.2) is 5.96 Å². The lowest BCUT2D eigenvalue weighted by molar-refractivity contribution is 0.486. The van der Waals surface area contributed by atoms with E-state index in [1.807, 2.05) is 25.0 Å². The molecule has 1 unspecified atom stereocenters. The number of likely N-dealkylation sites (tertiary alicyclic amines) is 1. The maximum atomic E-state index is 4.51. The molecule has 1 aromatic heterocycles. The first kappa shape index (κ1) is 19.3. The Hall–Kier alpha value is -2.50. The molecule has 1 aliphatic heterocycles. The first-order valence-electron chi connectivity index (χ1n) is 9.87. The highest BCUT2D eigenvalue weighted by Crippen LogP contribution is 2.26. The zero-order valence-corrected chi connectivity index (χ0v) is 17.0. The Morgan fingerprint density at radius 3 is 2.85 bits per heavy atom. The second-order valence-corrected chi connectivity index (χ2v) is 7.22. The summed E-state index contributed by atoms with van der Waals surface area (Å²) in [7, 11) is 3.85. The molecule has 2 aromatic rings. The van der Waals surface area contributed by atoms with E-state index in [0.717, 1.165) is 45.1 Å². The fourth-order valence-electron chi connectivity index (χ4n) is 3.88. The van der Waals surface area contributed by atoms with Crippen molar-refractivity contribution in [3.63, 3.8) is 0 Å². The SMILES string of the molecule is CCN(CCNC(=NC)N1CCC(c2cnn(C)c2)C1)c1ccccc1C. The number of aliphatic imine (C=N–C) groups is 1. The molecular formula is C21H32N6. The summed E-state index contributed by atoms with van der Waals surface area (Å²) in [6.07, 6.45) is 5.27. The molecule has 3 rings (SSSR count). The quantitative estimate of drug-likeness (QED) is 0.629. The molecule has 0 spiro atoms. The molecule has 27 heavy (non-hydrogen) atoms. The van der Waals surface area contributed by atoms with Crippen molar-refractivity contribution in [3.05, 3.63) is 47.8 Å². The Morgan fingerprint density at radius 1 is 1.37 bits per heavy atom. The molecular weight excluding hydrogens is 336 g/mol. The third-order valence-electron chi connectivity index (χ3n) is 5.40. The predicted octanol–water partition coefficient (Wildman–Crippen LogP) is 2.62. The molecule has 0 saturated carbocycles.